The molecule has 0 atom stereocenters. The third kappa shape index (κ3) is 4.16. The van der Waals surface area contributed by atoms with E-state index in [1.165, 1.54) is 0 Å². The Labute approximate surface area is 142 Å². The number of amides is 1. The van der Waals surface area contributed by atoms with E-state index in [1.807, 2.05) is 51.2 Å². The van der Waals surface area contributed by atoms with Gasteiger partial charge >= 0.3 is 6.09 Å². The lowest BCUT2D eigenvalue weighted by Gasteiger charge is -2.33. The number of benzene rings is 1. The molecule has 3 rings (SSSR count). The van der Waals surface area contributed by atoms with Crippen LogP contribution in [0.4, 0.5) is 4.79 Å². The van der Waals surface area contributed by atoms with Crippen LogP contribution in [0.15, 0.2) is 36.7 Å². The number of fused-ring (bicyclic) bond motifs is 1. The maximum absolute atomic E-state index is 12.1. The molecule has 0 bridgehead atoms. The van der Waals surface area contributed by atoms with Gasteiger partial charge < -0.3 is 14.4 Å². The van der Waals surface area contributed by atoms with E-state index in [9.17, 15) is 4.79 Å². The van der Waals surface area contributed by atoms with E-state index in [0.29, 0.717) is 13.1 Å². The molecule has 5 heteroatoms. The van der Waals surface area contributed by atoms with Crippen LogP contribution in [0.5, 0.6) is 5.75 Å². The zero-order valence-corrected chi connectivity index (χ0v) is 14.5. The quantitative estimate of drug-likeness (QED) is 0.836. The van der Waals surface area contributed by atoms with Crippen molar-refractivity contribution in [3.63, 3.8) is 0 Å². The van der Waals surface area contributed by atoms with E-state index in [-0.39, 0.29) is 12.2 Å². The van der Waals surface area contributed by atoms with E-state index >= 15 is 0 Å². The first-order valence-electron chi connectivity index (χ1n) is 8.39. The van der Waals surface area contributed by atoms with Crippen LogP contribution in [0, 0.1) is 0 Å². The van der Waals surface area contributed by atoms with E-state index in [4.69, 9.17) is 9.47 Å². The predicted molar refractivity (Wildman–Crippen MR) is 93.2 cm³/mol. The highest BCUT2D eigenvalue weighted by molar-refractivity contribution is 5.82. The number of hydrogen-bond donors (Lipinski definition) is 0. The smallest absolute Gasteiger partial charge is 0.410 e. The Hall–Kier alpha value is -2.30. The Morgan fingerprint density at radius 3 is 2.62 bits per heavy atom. The molecule has 5 nitrogen and oxygen atoms in total. The molecule has 0 spiro atoms. The Balaban J connectivity index is 1.55. The first-order chi connectivity index (χ1) is 11.4. The number of ether oxygens (including phenoxy) is 2. The molecule has 0 unspecified atom stereocenters. The number of likely N-dealkylation sites (tertiary alicyclic amines) is 1. The van der Waals surface area contributed by atoms with Gasteiger partial charge in [-0.05, 0) is 44.4 Å². The molecule has 1 fully saturated rings. The summed E-state index contributed by atoms with van der Waals surface area (Å²) in [6.07, 6.45) is 5.13. The first-order valence-corrected chi connectivity index (χ1v) is 8.39. The Morgan fingerprint density at radius 2 is 1.92 bits per heavy atom. The third-order valence-corrected chi connectivity index (χ3v) is 4.01. The van der Waals surface area contributed by atoms with E-state index in [2.05, 4.69) is 4.98 Å². The average Bonchev–Trinajstić information content (AvgIpc) is 2.54. The van der Waals surface area contributed by atoms with Crippen molar-refractivity contribution in [2.75, 3.05) is 13.1 Å². The minimum absolute atomic E-state index is 0.123. The molecule has 1 aromatic carbocycles. The van der Waals surface area contributed by atoms with Gasteiger partial charge in [-0.15, -0.1) is 0 Å². The van der Waals surface area contributed by atoms with E-state index in [1.54, 1.807) is 11.1 Å². The second kappa shape index (κ2) is 6.67. The lowest BCUT2D eigenvalue weighted by atomic mass is 10.1. The number of hydrogen-bond acceptors (Lipinski definition) is 4. The molecule has 0 aliphatic carbocycles. The van der Waals surface area contributed by atoms with Crippen LogP contribution < -0.4 is 4.74 Å². The number of rotatable bonds is 2. The van der Waals surface area contributed by atoms with Gasteiger partial charge in [0.05, 0.1) is 0 Å². The summed E-state index contributed by atoms with van der Waals surface area (Å²) in [5.74, 6) is 0.853. The van der Waals surface area contributed by atoms with Crippen molar-refractivity contribution < 1.29 is 14.3 Å². The number of pyridine rings is 1. The molecule has 2 aromatic rings. The average molecular weight is 328 g/mol. The van der Waals surface area contributed by atoms with Crippen LogP contribution in [0.2, 0.25) is 0 Å². The van der Waals surface area contributed by atoms with Gasteiger partial charge in [-0.25, -0.2) is 4.79 Å². The minimum atomic E-state index is -0.455. The van der Waals surface area contributed by atoms with Gasteiger partial charge in [0, 0.05) is 43.7 Å². The zero-order valence-electron chi connectivity index (χ0n) is 14.5. The maximum atomic E-state index is 12.1. The van der Waals surface area contributed by atoms with Gasteiger partial charge in [0.25, 0.3) is 0 Å². The van der Waals surface area contributed by atoms with Crippen molar-refractivity contribution in [2.45, 2.75) is 45.3 Å². The molecular weight excluding hydrogens is 304 g/mol. The molecule has 1 aromatic heterocycles. The van der Waals surface area contributed by atoms with E-state index in [0.717, 1.165) is 29.4 Å². The van der Waals surface area contributed by atoms with Gasteiger partial charge in [-0.2, -0.15) is 0 Å². The number of carbonyl (C=O) groups is 1. The lowest BCUT2D eigenvalue weighted by molar-refractivity contribution is 0.0127. The largest absolute Gasteiger partial charge is 0.490 e. The summed E-state index contributed by atoms with van der Waals surface area (Å²) in [6.45, 7) is 6.98. The van der Waals surface area contributed by atoms with Crippen LogP contribution >= 0.6 is 0 Å². The van der Waals surface area contributed by atoms with Gasteiger partial charge in [-0.3, -0.25) is 4.98 Å². The highest BCUT2D eigenvalue weighted by atomic mass is 16.6. The number of piperidine rings is 1. The van der Waals surface area contributed by atoms with Gasteiger partial charge in [0.15, 0.2) is 0 Å². The zero-order chi connectivity index (χ0) is 17.2. The molecule has 1 aliphatic rings. The molecule has 0 saturated carbocycles. The molecule has 0 radical (unpaired) electrons. The summed E-state index contributed by atoms with van der Waals surface area (Å²) in [6, 6.07) is 8.03. The highest BCUT2D eigenvalue weighted by Crippen LogP contribution is 2.24. The third-order valence-electron chi connectivity index (χ3n) is 4.01. The van der Waals surface area contributed by atoms with Crippen molar-refractivity contribution >= 4 is 16.9 Å². The van der Waals surface area contributed by atoms with Crippen LogP contribution in [-0.4, -0.2) is 40.8 Å². The summed E-state index contributed by atoms with van der Waals surface area (Å²) in [4.78, 5) is 18.0. The highest BCUT2D eigenvalue weighted by Gasteiger charge is 2.27. The van der Waals surface area contributed by atoms with Crippen molar-refractivity contribution in [1.29, 1.82) is 0 Å². The van der Waals surface area contributed by atoms with Crippen molar-refractivity contribution in [3.8, 4) is 5.75 Å². The predicted octanol–water partition coefficient (Wildman–Crippen LogP) is 4.01. The molecule has 2 heterocycles. The minimum Gasteiger partial charge on any atom is -0.490 e. The second-order valence-corrected chi connectivity index (χ2v) is 7.17. The standard InChI is InChI=1S/C19H24N2O3/c1-19(2,3)24-18(22)21-10-7-16(8-11-21)23-17-5-4-14-6-9-20-13-15(14)12-17/h4-6,9,12-13,16H,7-8,10-11H2,1-3H3. The number of carbonyl (C=O) groups excluding carboxylic acids is 1. The summed E-state index contributed by atoms with van der Waals surface area (Å²) >= 11 is 0. The summed E-state index contributed by atoms with van der Waals surface area (Å²) in [7, 11) is 0. The fraction of sp³-hybridized carbons (Fsp3) is 0.474. The molecule has 1 saturated heterocycles. The topological polar surface area (TPSA) is 51.7 Å². The van der Waals surface area contributed by atoms with Gasteiger partial charge in [-0.1, -0.05) is 6.07 Å². The van der Waals surface area contributed by atoms with Crippen LogP contribution in [0.3, 0.4) is 0 Å². The van der Waals surface area contributed by atoms with Crippen LogP contribution in [-0.2, 0) is 4.74 Å². The molecule has 128 valence electrons. The molecule has 0 N–H and O–H groups in total. The monoisotopic (exact) mass is 328 g/mol. The Morgan fingerprint density at radius 1 is 1.17 bits per heavy atom. The first kappa shape index (κ1) is 16.6. The van der Waals surface area contributed by atoms with Gasteiger partial charge in [0.2, 0.25) is 0 Å². The molecule has 1 amide bonds. The summed E-state index contributed by atoms with van der Waals surface area (Å²) < 4.78 is 11.5. The van der Waals surface area contributed by atoms with Gasteiger partial charge in [0.1, 0.15) is 17.5 Å². The summed E-state index contributed by atoms with van der Waals surface area (Å²) in [5.41, 5.74) is -0.455. The second-order valence-electron chi connectivity index (χ2n) is 7.17. The fourth-order valence-electron chi connectivity index (χ4n) is 2.81. The summed E-state index contributed by atoms with van der Waals surface area (Å²) in [5, 5.41) is 2.22. The van der Waals surface area contributed by atoms with Crippen molar-refractivity contribution in [3.05, 3.63) is 36.7 Å². The van der Waals surface area contributed by atoms with E-state index < -0.39 is 5.60 Å². The fourth-order valence-corrected chi connectivity index (χ4v) is 2.81. The van der Waals surface area contributed by atoms with Crippen molar-refractivity contribution in [1.82, 2.24) is 9.88 Å². The lowest BCUT2D eigenvalue weighted by Crippen LogP contribution is -2.44. The van der Waals surface area contributed by atoms with Crippen molar-refractivity contribution in [2.24, 2.45) is 0 Å². The SMILES string of the molecule is CC(C)(C)OC(=O)N1CCC(Oc2ccc3ccncc3c2)CC1. The van der Waals surface area contributed by atoms with Crippen LogP contribution in [0.1, 0.15) is 33.6 Å². The number of nitrogens with zero attached hydrogens (tertiary/aromatic N) is 2. The molecule has 1 aliphatic heterocycles. The normalized spacial score (nSPS) is 16.2. The number of aromatic nitrogens is 1. The Bertz CT molecular complexity index is 716. The molecule has 24 heavy (non-hydrogen) atoms. The maximum Gasteiger partial charge on any atom is 0.410 e. The van der Waals surface area contributed by atoms with Crippen LogP contribution in [0.25, 0.3) is 10.8 Å². The molecular formula is C19H24N2O3. The Kier molecular flexibility index (Phi) is 4.60.